The van der Waals surface area contributed by atoms with Crippen LogP contribution in [0.4, 0.5) is 0 Å². The number of benzene rings is 3. The molecule has 0 aromatic heterocycles. The summed E-state index contributed by atoms with van der Waals surface area (Å²) in [7, 11) is 0. The van der Waals surface area contributed by atoms with Crippen LogP contribution in [0, 0.1) is 26.7 Å². The maximum absolute atomic E-state index is 2.44. The smallest absolute Gasteiger partial charge is 0.0155 e. The molecule has 0 N–H and O–H groups in total. The molecule has 0 bridgehead atoms. The van der Waals surface area contributed by atoms with Gasteiger partial charge in [-0.25, -0.2) is 0 Å². The van der Waals surface area contributed by atoms with E-state index in [9.17, 15) is 0 Å². The Labute approximate surface area is 183 Å². The standard InChI is InChI=1S/C30H36/c1-21-5-13-27(14-6-21)30-18-12-26(20-24(30)4)9-8-25-10-15-28(16-11-25)29-17-7-22(2)19-23(29)3/h7,10-12,15-21,27H,5-6,8-9,13-14H2,1-4H3. The van der Waals surface area contributed by atoms with Crippen molar-refractivity contribution in [1.29, 1.82) is 0 Å². The van der Waals surface area contributed by atoms with Crippen LogP contribution in [0.5, 0.6) is 0 Å². The summed E-state index contributed by atoms with van der Waals surface area (Å²) in [6.45, 7) is 9.08. The van der Waals surface area contributed by atoms with E-state index in [0.29, 0.717) is 0 Å². The van der Waals surface area contributed by atoms with Gasteiger partial charge < -0.3 is 0 Å². The Kier molecular flexibility index (Phi) is 6.42. The van der Waals surface area contributed by atoms with Crippen molar-refractivity contribution in [2.45, 2.75) is 72.1 Å². The van der Waals surface area contributed by atoms with E-state index in [0.717, 1.165) is 24.7 Å². The van der Waals surface area contributed by atoms with Gasteiger partial charge in [-0.2, -0.15) is 0 Å². The van der Waals surface area contributed by atoms with E-state index in [1.165, 1.54) is 64.6 Å². The third-order valence-electron chi connectivity index (χ3n) is 7.14. The second kappa shape index (κ2) is 9.21. The van der Waals surface area contributed by atoms with Crippen LogP contribution in [0.25, 0.3) is 11.1 Å². The molecule has 0 amide bonds. The van der Waals surface area contributed by atoms with Crippen LogP contribution < -0.4 is 0 Å². The third-order valence-corrected chi connectivity index (χ3v) is 7.14. The lowest BCUT2D eigenvalue weighted by Gasteiger charge is -2.27. The number of hydrogen-bond acceptors (Lipinski definition) is 0. The highest BCUT2D eigenvalue weighted by molar-refractivity contribution is 5.67. The molecule has 1 aliphatic rings. The summed E-state index contributed by atoms with van der Waals surface area (Å²) in [4.78, 5) is 0. The summed E-state index contributed by atoms with van der Waals surface area (Å²) in [5.41, 5.74) is 11.3. The first-order valence-electron chi connectivity index (χ1n) is 11.8. The molecule has 0 radical (unpaired) electrons. The first-order valence-corrected chi connectivity index (χ1v) is 11.8. The molecule has 3 aromatic carbocycles. The molecule has 0 aliphatic heterocycles. The molecule has 1 fully saturated rings. The van der Waals surface area contributed by atoms with Gasteiger partial charge in [0.05, 0.1) is 0 Å². The molecule has 0 atom stereocenters. The summed E-state index contributed by atoms with van der Waals surface area (Å²) in [5.74, 6) is 1.70. The highest BCUT2D eigenvalue weighted by atomic mass is 14.3. The van der Waals surface area contributed by atoms with E-state index < -0.39 is 0 Å². The Morgan fingerprint density at radius 1 is 0.667 bits per heavy atom. The highest BCUT2D eigenvalue weighted by Crippen LogP contribution is 2.37. The third kappa shape index (κ3) is 4.86. The van der Waals surface area contributed by atoms with E-state index in [-0.39, 0.29) is 0 Å². The van der Waals surface area contributed by atoms with Gasteiger partial charge in [-0.1, -0.05) is 86.0 Å². The zero-order valence-electron chi connectivity index (χ0n) is 19.2. The first kappa shape index (κ1) is 20.9. The number of rotatable bonds is 5. The largest absolute Gasteiger partial charge is 0.0625 e. The lowest BCUT2D eigenvalue weighted by molar-refractivity contribution is 0.347. The van der Waals surface area contributed by atoms with Crippen molar-refractivity contribution < 1.29 is 0 Å². The summed E-state index contributed by atoms with van der Waals surface area (Å²) in [6.07, 6.45) is 7.74. The molecule has 0 heterocycles. The summed E-state index contributed by atoms with van der Waals surface area (Å²) in [6, 6.07) is 23.1. The molecule has 4 rings (SSSR count). The highest BCUT2D eigenvalue weighted by Gasteiger charge is 2.20. The van der Waals surface area contributed by atoms with E-state index >= 15 is 0 Å². The molecule has 1 aliphatic carbocycles. The van der Waals surface area contributed by atoms with Gasteiger partial charge in [-0.05, 0) is 97.2 Å². The quantitative estimate of drug-likeness (QED) is 0.406. The van der Waals surface area contributed by atoms with Crippen LogP contribution in [0.2, 0.25) is 0 Å². The topological polar surface area (TPSA) is 0 Å². The SMILES string of the molecule is Cc1ccc(-c2ccc(CCc3ccc(C4CCC(C)CC4)c(C)c3)cc2)c(C)c1. The van der Waals surface area contributed by atoms with Crippen molar-refractivity contribution in [2.75, 3.05) is 0 Å². The maximum atomic E-state index is 2.44. The summed E-state index contributed by atoms with van der Waals surface area (Å²) in [5, 5.41) is 0. The van der Waals surface area contributed by atoms with Gasteiger partial charge in [0.15, 0.2) is 0 Å². The Bertz CT molecular complexity index is 985. The minimum atomic E-state index is 0.785. The monoisotopic (exact) mass is 396 g/mol. The molecule has 0 spiro atoms. The Morgan fingerprint density at radius 3 is 2.00 bits per heavy atom. The fourth-order valence-electron chi connectivity index (χ4n) is 5.20. The van der Waals surface area contributed by atoms with E-state index in [2.05, 4.69) is 88.4 Å². The van der Waals surface area contributed by atoms with Crippen molar-refractivity contribution in [3.05, 3.63) is 94.0 Å². The molecule has 0 saturated heterocycles. The Morgan fingerprint density at radius 2 is 1.33 bits per heavy atom. The predicted molar refractivity (Wildman–Crippen MR) is 130 cm³/mol. The average molecular weight is 397 g/mol. The minimum Gasteiger partial charge on any atom is -0.0625 e. The predicted octanol–water partition coefficient (Wildman–Crippen LogP) is 8.36. The number of aryl methyl sites for hydroxylation is 5. The molecule has 3 aromatic rings. The van der Waals surface area contributed by atoms with Crippen molar-refractivity contribution in [3.8, 4) is 11.1 Å². The fourth-order valence-corrected chi connectivity index (χ4v) is 5.20. The van der Waals surface area contributed by atoms with Crippen LogP contribution in [0.15, 0.2) is 60.7 Å². The number of hydrogen-bond donors (Lipinski definition) is 0. The molecule has 0 unspecified atom stereocenters. The van der Waals surface area contributed by atoms with Crippen LogP contribution in [0.3, 0.4) is 0 Å². The molecule has 0 heteroatoms. The van der Waals surface area contributed by atoms with Gasteiger partial charge in [-0.15, -0.1) is 0 Å². The Hall–Kier alpha value is -2.34. The van der Waals surface area contributed by atoms with Gasteiger partial charge >= 0.3 is 0 Å². The van der Waals surface area contributed by atoms with Crippen LogP contribution in [-0.4, -0.2) is 0 Å². The van der Waals surface area contributed by atoms with Crippen molar-refractivity contribution in [2.24, 2.45) is 5.92 Å². The second-order valence-corrected chi connectivity index (χ2v) is 9.66. The second-order valence-electron chi connectivity index (χ2n) is 9.66. The van der Waals surface area contributed by atoms with Crippen molar-refractivity contribution in [3.63, 3.8) is 0 Å². The zero-order valence-corrected chi connectivity index (χ0v) is 19.2. The van der Waals surface area contributed by atoms with Crippen LogP contribution in [0.1, 0.15) is 71.9 Å². The summed E-state index contributed by atoms with van der Waals surface area (Å²) < 4.78 is 0. The van der Waals surface area contributed by atoms with E-state index in [4.69, 9.17) is 0 Å². The van der Waals surface area contributed by atoms with Gasteiger partial charge in [-0.3, -0.25) is 0 Å². The van der Waals surface area contributed by atoms with Gasteiger partial charge in [0.2, 0.25) is 0 Å². The molecule has 0 nitrogen and oxygen atoms in total. The normalized spacial score (nSPS) is 19.1. The Balaban J connectivity index is 1.39. The van der Waals surface area contributed by atoms with E-state index in [1.54, 1.807) is 5.56 Å². The minimum absolute atomic E-state index is 0.785. The zero-order chi connectivity index (χ0) is 21.1. The molecular weight excluding hydrogens is 360 g/mol. The van der Waals surface area contributed by atoms with Gasteiger partial charge in [0.1, 0.15) is 0 Å². The first-order chi connectivity index (χ1) is 14.5. The lowest BCUT2D eigenvalue weighted by Crippen LogP contribution is -2.12. The summed E-state index contributed by atoms with van der Waals surface area (Å²) >= 11 is 0. The molecule has 30 heavy (non-hydrogen) atoms. The fraction of sp³-hybridized carbons (Fsp3) is 0.400. The molecule has 1 saturated carbocycles. The lowest BCUT2D eigenvalue weighted by atomic mass is 9.78. The maximum Gasteiger partial charge on any atom is -0.0155 e. The average Bonchev–Trinajstić information content (AvgIpc) is 2.74. The molecular formula is C30H36. The van der Waals surface area contributed by atoms with E-state index in [1.807, 2.05) is 0 Å². The van der Waals surface area contributed by atoms with Crippen LogP contribution in [-0.2, 0) is 12.8 Å². The van der Waals surface area contributed by atoms with Gasteiger partial charge in [0.25, 0.3) is 0 Å². The van der Waals surface area contributed by atoms with Crippen LogP contribution >= 0.6 is 0 Å². The van der Waals surface area contributed by atoms with Crippen molar-refractivity contribution in [1.82, 2.24) is 0 Å². The van der Waals surface area contributed by atoms with Crippen molar-refractivity contribution >= 4 is 0 Å². The van der Waals surface area contributed by atoms with Gasteiger partial charge in [0, 0.05) is 0 Å². The molecule has 156 valence electrons.